The first-order valence-corrected chi connectivity index (χ1v) is 7.97. The summed E-state index contributed by atoms with van der Waals surface area (Å²) < 4.78 is 3.64. The largest absolute Gasteiger partial charge is 0.345 e. The number of fused-ring (bicyclic) bond motifs is 2. The summed E-state index contributed by atoms with van der Waals surface area (Å²) in [6.07, 6.45) is 6.75. The lowest BCUT2D eigenvalue weighted by Crippen LogP contribution is -2.21. The summed E-state index contributed by atoms with van der Waals surface area (Å²) in [6.45, 7) is 0.273. The van der Waals surface area contributed by atoms with Crippen molar-refractivity contribution < 1.29 is 4.79 Å². The quantitative estimate of drug-likeness (QED) is 0.572. The van der Waals surface area contributed by atoms with Crippen LogP contribution < -0.4 is 5.32 Å². The zero-order chi connectivity index (χ0) is 17.2. The topological polar surface area (TPSA) is 76.6 Å². The lowest BCUT2D eigenvalue weighted by Gasteiger charge is -2.01. The van der Waals surface area contributed by atoms with Gasteiger partial charge in [-0.2, -0.15) is 0 Å². The van der Waals surface area contributed by atoms with Gasteiger partial charge in [-0.05, 0) is 30.3 Å². The molecular weight excluding hydrogens is 340 g/mol. The minimum Gasteiger partial charge on any atom is -0.345 e. The molecule has 1 amide bonds. The Hall–Kier alpha value is -3.19. The van der Waals surface area contributed by atoms with E-state index in [9.17, 15) is 4.79 Å². The van der Waals surface area contributed by atoms with E-state index in [1.54, 1.807) is 6.08 Å². The predicted octanol–water partition coefficient (Wildman–Crippen LogP) is 2.36. The van der Waals surface area contributed by atoms with Crippen molar-refractivity contribution in [1.29, 1.82) is 0 Å². The highest BCUT2D eigenvalue weighted by atomic mass is 35.5. The molecule has 0 unspecified atom stereocenters. The molecule has 0 aliphatic rings. The Kier molecular flexibility index (Phi) is 3.91. The molecule has 25 heavy (non-hydrogen) atoms. The molecule has 0 radical (unpaired) electrons. The van der Waals surface area contributed by atoms with Crippen LogP contribution in [0.4, 0.5) is 0 Å². The van der Waals surface area contributed by atoms with Gasteiger partial charge in [-0.15, -0.1) is 10.2 Å². The van der Waals surface area contributed by atoms with Crippen LogP contribution in [0.25, 0.3) is 17.4 Å². The van der Waals surface area contributed by atoms with Gasteiger partial charge in [0.15, 0.2) is 16.6 Å². The van der Waals surface area contributed by atoms with Crippen LogP contribution >= 0.6 is 11.6 Å². The van der Waals surface area contributed by atoms with Crippen molar-refractivity contribution in [3.63, 3.8) is 0 Å². The molecule has 4 rings (SSSR count). The van der Waals surface area contributed by atoms with Crippen molar-refractivity contribution in [2.24, 2.45) is 0 Å². The molecule has 1 N–H and O–H groups in total. The van der Waals surface area contributed by atoms with Gasteiger partial charge in [-0.3, -0.25) is 13.6 Å². The number of hydrogen-bond acceptors (Lipinski definition) is 4. The zero-order valence-corrected chi connectivity index (χ0v) is 13.8. The van der Waals surface area contributed by atoms with Crippen molar-refractivity contribution in [3.05, 3.63) is 71.5 Å². The predicted molar refractivity (Wildman–Crippen MR) is 94.1 cm³/mol. The third kappa shape index (κ3) is 2.97. The summed E-state index contributed by atoms with van der Waals surface area (Å²) in [5.41, 5.74) is 2.11. The van der Waals surface area contributed by atoms with Crippen molar-refractivity contribution in [2.75, 3.05) is 0 Å². The number of hydrogen-bond donors (Lipinski definition) is 1. The molecule has 0 saturated heterocycles. The Bertz CT molecular complexity index is 1100. The zero-order valence-electron chi connectivity index (χ0n) is 13.0. The Morgan fingerprint density at radius 3 is 2.68 bits per heavy atom. The van der Waals surface area contributed by atoms with E-state index in [1.165, 1.54) is 6.08 Å². The maximum Gasteiger partial charge on any atom is 0.244 e. The Balaban J connectivity index is 1.48. The van der Waals surface area contributed by atoms with Crippen molar-refractivity contribution >= 4 is 34.9 Å². The smallest absolute Gasteiger partial charge is 0.244 e. The second-order valence-corrected chi connectivity index (χ2v) is 5.67. The number of halogens is 1. The molecule has 4 aromatic heterocycles. The number of carbonyl (C=O) groups is 1. The Morgan fingerprint density at radius 1 is 1.08 bits per heavy atom. The van der Waals surface area contributed by atoms with E-state index in [1.807, 2.05) is 57.6 Å². The van der Waals surface area contributed by atoms with E-state index >= 15 is 0 Å². The highest BCUT2D eigenvalue weighted by Crippen LogP contribution is 2.18. The van der Waals surface area contributed by atoms with Gasteiger partial charge in [0.1, 0.15) is 5.65 Å². The average molecular weight is 353 g/mol. The fourth-order valence-electron chi connectivity index (χ4n) is 2.53. The van der Waals surface area contributed by atoms with Gasteiger partial charge in [0.25, 0.3) is 0 Å². The average Bonchev–Trinajstić information content (AvgIpc) is 3.18. The number of rotatable bonds is 4. The number of carbonyl (C=O) groups excluding carboxylic acids is 1. The van der Waals surface area contributed by atoms with Crippen molar-refractivity contribution in [2.45, 2.75) is 6.54 Å². The van der Waals surface area contributed by atoms with Gasteiger partial charge in [0.05, 0.1) is 12.2 Å². The van der Waals surface area contributed by atoms with Crippen LogP contribution in [0.2, 0.25) is 5.15 Å². The standard InChI is InChI=1S/C17H13ClN6O/c18-17-12(23-9-3-1-5-13(23)20-17)7-8-16(25)19-11-15-22-21-14-6-2-4-10-24(14)15/h1-10H,11H2,(H,19,25)/b8-7+. The number of pyridine rings is 2. The first kappa shape index (κ1) is 15.3. The molecule has 0 saturated carbocycles. The molecule has 0 spiro atoms. The first-order valence-electron chi connectivity index (χ1n) is 7.59. The van der Waals surface area contributed by atoms with E-state index < -0.39 is 0 Å². The van der Waals surface area contributed by atoms with Gasteiger partial charge >= 0.3 is 0 Å². The SMILES string of the molecule is O=C(/C=C/c1c(Cl)nc2ccccn12)NCc1nnc2ccccn12. The third-order valence-electron chi connectivity index (χ3n) is 3.72. The highest BCUT2D eigenvalue weighted by molar-refractivity contribution is 6.31. The number of amides is 1. The molecule has 0 fully saturated rings. The summed E-state index contributed by atoms with van der Waals surface area (Å²) >= 11 is 6.14. The summed E-state index contributed by atoms with van der Waals surface area (Å²) in [6, 6.07) is 11.2. The third-order valence-corrected chi connectivity index (χ3v) is 4.00. The molecule has 4 aromatic rings. The van der Waals surface area contributed by atoms with E-state index in [2.05, 4.69) is 20.5 Å². The number of imidazole rings is 1. The van der Waals surface area contributed by atoms with Gasteiger partial charge < -0.3 is 5.32 Å². The van der Waals surface area contributed by atoms with Crippen LogP contribution in [-0.2, 0) is 11.3 Å². The van der Waals surface area contributed by atoms with Crippen molar-refractivity contribution in [3.8, 4) is 0 Å². The van der Waals surface area contributed by atoms with Crippen LogP contribution in [0.15, 0.2) is 54.9 Å². The van der Waals surface area contributed by atoms with E-state index in [4.69, 9.17) is 11.6 Å². The van der Waals surface area contributed by atoms with Crippen LogP contribution in [0.1, 0.15) is 11.5 Å². The molecule has 0 atom stereocenters. The van der Waals surface area contributed by atoms with E-state index in [0.29, 0.717) is 16.7 Å². The highest BCUT2D eigenvalue weighted by Gasteiger charge is 2.08. The van der Waals surface area contributed by atoms with E-state index in [-0.39, 0.29) is 12.5 Å². The first-order chi connectivity index (χ1) is 12.2. The Labute approximate surface area is 147 Å². The molecule has 4 heterocycles. The normalized spacial score (nSPS) is 11.6. The molecule has 0 aliphatic heterocycles. The molecule has 0 aliphatic carbocycles. The second-order valence-electron chi connectivity index (χ2n) is 5.31. The molecule has 7 nitrogen and oxygen atoms in total. The summed E-state index contributed by atoms with van der Waals surface area (Å²) in [7, 11) is 0. The fourth-order valence-corrected chi connectivity index (χ4v) is 2.77. The lowest BCUT2D eigenvalue weighted by molar-refractivity contribution is -0.116. The van der Waals surface area contributed by atoms with E-state index in [0.717, 1.165) is 11.3 Å². The molecular formula is C17H13ClN6O. The van der Waals surface area contributed by atoms with Crippen LogP contribution in [0, 0.1) is 0 Å². The van der Waals surface area contributed by atoms with Crippen molar-refractivity contribution in [1.82, 2.24) is 29.3 Å². The maximum absolute atomic E-state index is 12.1. The van der Waals surface area contributed by atoms with Crippen LogP contribution in [-0.4, -0.2) is 29.9 Å². The second kappa shape index (κ2) is 6.37. The minimum absolute atomic E-state index is 0.255. The monoisotopic (exact) mass is 352 g/mol. The molecule has 8 heteroatoms. The van der Waals surface area contributed by atoms with Crippen LogP contribution in [0.5, 0.6) is 0 Å². The summed E-state index contributed by atoms with van der Waals surface area (Å²) in [5.74, 6) is 0.403. The summed E-state index contributed by atoms with van der Waals surface area (Å²) in [5, 5.41) is 11.2. The molecule has 124 valence electrons. The van der Waals surface area contributed by atoms with Crippen LogP contribution in [0.3, 0.4) is 0 Å². The molecule has 0 bridgehead atoms. The van der Waals surface area contributed by atoms with Gasteiger partial charge in [0, 0.05) is 18.5 Å². The van der Waals surface area contributed by atoms with Gasteiger partial charge in [-0.1, -0.05) is 23.7 Å². The number of aromatic nitrogens is 5. The lowest BCUT2D eigenvalue weighted by atomic mass is 10.3. The fraction of sp³-hybridized carbons (Fsp3) is 0.0588. The van der Waals surface area contributed by atoms with Gasteiger partial charge in [-0.25, -0.2) is 4.98 Å². The van der Waals surface area contributed by atoms with Gasteiger partial charge in [0.2, 0.25) is 5.91 Å². The number of nitrogens with one attached hydrogen (secondary N) is 1. The number of nitrogens with zero attached hydrogens (tertiary/aromatic N) is 5. The minimum atomic E-state index is -0.255. The maximum atomic E-state index is 12.1. The Morgan fingerprint density at radius 2 is 1.84 bits per heavy atom. The summed E-state index contributed by atoms with van der Waals surface area (Å²) in [4.78, 5) is 16.3. The molecule has 0 aromatic carbocycles.